The van der Waals surface area contributed by atoms with E-state index in [9.17, 15) is 29.1 Å². The summed E-state index contributed by atoms with van der Waals surface area (Å²) in [5.41, 5.74) is 2.46. The molecule has 42 heavy (non-hydrogen) atoms. The summed E-state index contributed by atoms with van der Waals surface area (Å²) in [6.45, 7) is 1.07. The first-order valence-corrected chi connectivity index (χ1v) is 15.5. The molecule has 10 nitrogen and oxygen atoms in total. The molecule has 2 aliphatic carbocycles. The number of benzene rings is 2. The number of para-hydroxylation sites is 2. The van der Waals surface area contributed by atoms with Crippen LogP contribution in [0.15, 0.2) is 58.4 Å². The number of carbonyl (C=O) groups is 4. The van der Waals surface area contributed by atoms with Crippen LogP contribution in [0.1, 0.15) is 28.3 Å². The summed E-state index contributed by atoms with van der Waals surface area (Å²) in [6.07, 6.45) is 0.688. The molecule has 3 N–H and O–H groups in total. The highest BCUT2D eigenvalue weighted by Gasteiger charge is 2.69. The van der Waals surface area contributed by atoms with E-state index in [1.807, 2.05) is 49.4 Å². The fraction of sp³-hybridized carbons (Fsp3) is 0.367. The number of hydrogen-bond donors (Lipinski definition) is 3. The summed E-state index contributed by atoms with van der Waals surface area (Å²) < 4.78 is 6.10. The zero-order valence-corrected chi connectivity index (χ0v) is 24.1. The van der Waals surface area contributed by atoms with Gasteiger partial charge in [0.15, 0.2) is 6.61 Å². The molecule has 1 saturated heterocycles. The Morgan fingerprint density at radius 3 is 2.52 bits per heavy atom. The molecule has 2 aromatic carbocycles. The molecule has 7 rings (SSSR count). The van der Waals surface area contributed by atoms with Crippen LogP contribution in [0.4, 0.5) is 5.69 Å². The van der Waals surface area contributed by atoms with Gasteiger partial charge < -0.3 is 20.1 Å². The van der Waals surface area contributed by atoms with Gasteiger partial charge in [0.25, 0.3) is 5.91 Å². The van der Waals surface area contributed by atoms with Gasteiger partial charge in [-0.3, -0.25) is 28.9 Å². The number of amides is 3. The van der Waals surface area contributed by atoms with E-state index in [1.165, 1.54) is 0 Å². The number of hydrogen-bond acceptors (Lipinski definition) is 8. The maximum absolute atomic E-state index is 13.4. The standard InChI is InChI=1S/C30H27N3O7S2/c1-13-6-2-4-8-17(13)31-19(34)12-40-18-9-5-3-7-14(18)21-22-15-10-16(25(22)41-27-26(21)42-30(39)32-27)24-23(15)28(37)33(29(24)38)11-20(35)36/h2-9,15-16,21-25H,10-12H2,1H3,(H,31,34)(H,32,39)(H,35,36)/t15?,16?,21-,22?,23?,24?,25?/m1/s1. The number of fused-ring (bicyclic) bond motifs is 9. The number of rotatable bonds is 7. The number of nitrogens with one attached hydrogen (secondary N) is 2. The second-order valence-electron chi connectivity index (χ2n) is 11.3. The van der Waals surface area contributed by atoms with Gasteiger partial charge in [-0.25, -0.2) is 0 Å². The zero-order chi connectivity index (χ0) is 29.3. The first-order chi connectivity index (χ1) is 20.2. The van der Waals surface area contributed by atoms with Crippen molar-refractivity contribution in [3.8, 4) is 5.75 Å². The van der Waals surface area contributed by atoms with Crippen molar-refractivity contribution in [1.29, 1.82) is 0 Å². The summed E-state index contributed by atoms with van der Waals surface area (Å²) >= 11 is 2.69. The average Bonchev–Trinajstić information content (AvgIpc) is 3.69. The van der Waals surface area contributed by atoms with Crippen LogP contribution in [0, 0.1) is 36.5 Å². The molecule has 0 spiro atoms. The van der Waals surface area contributed by atoms with Crippen molar-refractivity contribution in [2.75, 3.05) is 18.5 Å². The first kappa shape index (κ1) is 27.0. The van der Waals surface area contributed by atoms with E-state index in [0.717, 1.165) is 37.3 Å². The Morgan fingerprint density at radius 2 is 1.76 bits per heavy atom. The summed E-state index contributed by atoms with van der Waals surface area (Å²) in [4.78, 5) is 68.1. The molecule has 3 heterocycles. The number of aryl methyl sites for hydroxylation is 1. The van der Waals surface area contributed by atoms with Gasteiger partial charge in [0.1, 0.15) is 12.3 Å². The number of aromatic amines is 1. The van der Waals surface area contributed by atoms with Crippen LogP contribution >= 0.6 is 23.1 Å². The highest BCUT2D eigenvalue weighted by atomic mass is 32.2. The number of nitrogens with zero attached hydrogens (tertiary/aromatic N) is 1. The lowest BCUT2D eigenvalue weighted by Gasteiger charge is -2.43. The van der Waals surface area contributed by atoms with Gasteiger partial charge in [0, 0.05) is 27.3 Å². The minimum absolute atomic E-state index is 0.0436. The Kier molecular flexibility index (Phi) is 6.50. The highest BCUT2D eigenvalue weighted by Crippen LogP contribution is 2.69. The number of carboxylic acids is 1. The monoisotopic (exact) mass is 605 g/mol. The zero-order valence-electron chi connectivity index (χ0n) is 22.4. The molecule has 12 heteroatoms. The van der Waals surface area contributed by atoms with Gasteiger partial charge in [-0.05, 0) is 48.8 Å². The maximum Gasteiger partial charge on any atom is 0.323 e. The quantitative estimate of drug-likeness (QED) is 0.348. The number of likely N-dealkylation sites (tertiary alicyclic amines) is 1. The van der Waals surface area contributed by atoms with E-state index in [2.05, 4.69) is 10.3 Å². The summed E-state index contributed by atoms with van der Waals surface area (Å²) in [5.74, 6) is -3.57. The highest BCUT2D eigenvalue weighted by molar-refractivity contribution is 8.00. The molecule has 2 saturated carbocycles. The summed E-state index contributed by atoms with van der Waals surface area (Å²) in [5, 5.41) is 12.9. The second kappa shape index (κ2) is 10.1. The lowest BCUT2D eigenvalue weighted by Crippen LogP contribution is -2.42. The van der Waals surface area contributed by atoms with Crippen molar-refractivity contribution in [3.63, 3.8) is 0 Å². The molecule has 6 unspecified atom stereocenters. The Hall–Kier alpha value is -3.90. The molecule has 3 amide bonds. The van der Waals surface area contributed by atoms with E-state index in [0.29, 0.717) is 17.9 Å². The van der Waals surface area contributed by atoms with E-state index in [-0.39, 0.29) is 46.3 Å². The third-order valence-corrected chi connectivity index (χ3v) is 11.7. The van der Waals surface area contributed by atoms with Gasteiger partial charge in [-0.15, -0.1) is 11.8 Å². The normalized spacial score (nSPS) is 28.8. The van der Waals surface area contributed by atoms with Crippen LogP contribution in [0.5, 0.6) is 5.75 Å². The van der Waals surface area contributed by atoms with Crippen molar-refractivity contribution in [2.24, 2.45) is 29.6 Å². The molecule has 1 aromatic heterocycles. The average molecular weight is 606 g/mol. The smallest absolute Gasteiger partial charge is 0.323 e. The Morgan fingerprint density at radius 1 is 1.05 bits per heavy atom. The van der Waals surface area contributed by atoms with Gasteiger partial charge in [0.2, 0.25) is 11.8 Å². The summed E-state index contributed by atoms with van der Waals surface area (Å²) in [7, 11) is 0. The maximum atomic E-state index is 13.4. The molecular formula is C30H27N3O7S2. The van der Waals surface area contributed by atoms with Gasteiger partial charge in [-0.1, -0.05) is 47.7 Å². The van der Waals surface area contributed by atoms with E-state index < -0.39 is 36.2 Å². The number of ether oxygens (including phenoxy) is 1. The topological polar surface area (TPSA) is 146 Å². The Labute approximate surface area is 248 Å². The lowest BCUT2D eigenvalue weighted by atomic mass is 9.68. The van der Waals surface area contributed by atoms with Crippen LogP contribution in [-0.4, -0.2) is 57.1 Å². The van der Waals surface area contributed by atoms with Crippen molar-refractivity contribution in [2.45, 2.75) is 29.5 Å². The molecule has 2 aliphatic heterocycles. The van der Waals surface area contributed by atoms with Crippen LogP contribution < -0.4 is 14.9 Å². The van der Waals surface area contributed by atoms with E-state index in [4.69, 9.17) is 4.74 Å². The molecule has 0 radical (unpaired) electrons. The molecular weight excluding hydrogens is 578 g/mol. The van der Waals surface area contributed by atoms with Gasteiger partial charge >= 0.3 is 10.8 Å². The second-order valence-corrected chi connectivity index (χ2v) is 13.5. The SMILES string of the molecule is Cc1ccccc1NC(=O)COc1ccccc1[C@H]1c2sc(=O)[nH]c2SC2C3CC(C4C(=O)N(CC(=O)O)C(=O)C34)C21. The Balaban J connectivity index is 1.22. The van der Waals surface area contributed by atoms with Crippen LogP contribution in [0.3, 0.4) is 0 Å². The van der Waals surface area contributed by atoms with Crippen LogP contribution in [-0.2, 0) is 19.2 Å². The third kappa shape index (κ3) is 4.18. The van der Waals surface area contributed by atoms with Gasteiger partial charge in [-0.2, -0.15) is 0 Å². The number of imide groups is 1. The fourth-order valence-corrected chi connectivity index (χ4v) is 10.5. The van der Waals surface area contributed by atoms with E-state index in [1.54, 1.807) is 17.8 Å². The third-order valence-electron chi connectivity index (χ3n) is 9.14. The largest absolute Gasteiger partial charge is 0.483 e. The van der Waals surface area contributed by atoms with Crippen molar-refractivity contribution >= 4 is 52.5 Å². The predicted octanol–water partition coefficient (Wildman–Crippen LogP) is 3.32. The number of carboxylic acid groups (broad SMARTS) is 1. The van der Waals surface area contributed by atoms with Crippen molar-refractivity contribution in [3.05, 3.63) is 74.2 Å². The predicted molar refractivity (Wildman–Crippen MR) is 155 cm³/mol. The van der Waals surface area contributed by atoms with Crippen LogP contribution in [0.25, 0.3) is 0 Å². The lowest BCUT2D eigenvalue weighted by molar-refractivity contribution is -0.149. The number of carbonyl (C=O) groups excluding carboxylic acids is 3. The van der Waals surface area contributed by atoms with Crippen molar-refractivity contribution < 1.29 is 29.0 Å². The Bertz CT molecular complexity index is 1700. The van der Waals surface area contributed by atoms with E-state index >= 15 is 0 Å². The number of thiazole rings is 1. The minimum atomic E-state index is -1.22. The number of aromatic nitrogens is 1. The first-order valence-electron chi connectivity index (χ1n) is 13.8. The number of anilines is 1. The molecule has 3 aromatic rings. The molecule has 3 fully saturated rings. The van der Waals surface area contributed by atoms with Crippen molar-refractivity contribution in [1.82, 2.24) is 9.88 Å². The van der Waals surface area contributed by atoms with Crippen LogP contribution in [0.2, 0.25) is 0 Å². The summed E-state index contributed by atoms with van der Waals surface area (Å²) in [6, 6.07) is 14.9. The fourth-order valence-electron chi connectivity index (χ4n) is 7.63. The molecule has 4 aliphatic rings. The molecule has 2 bridgehead atoms. The van der Waals surface area contributed by atoms with Gasteiger partial charge in [0.05, 0.1) is 16.9 Å². The molecule has 7 atom stereocenters. The number of H-pyrrole nitrogens is 1. The number of aliphatic carboxylic acids is 1. The minimum Gasteiger partial charge on any atom is -0.483 e. The molecule has 216 valence electrons. The number of thioether (sulfide) groups is 1.